The number of amides is 2. The van der Waals surface area contributed by atoms with Gasteiger partial charge in [0, 0.05) is 74.3 Å². The maximum absolute atomic E-state index is 14.7. The summed E-state index contributed by atoms with van der Waals surface area (Å²) in [7, 11) is 1.42. The van der Waals surface area contributed by atoms with E-state index in [1.54, 1.807) is 20.2 Å². The van der Waals surface area contributed by atoms with Crippen LogP contribution in [0.3, 0.4) is 0 Å². The molecule has 8 rings (SSSR count). The molecule has 1 aromatic heterocycles. The monoisotopic (exact) mass is 802 g/mol. The van der Waals surface area contributed by atoms with Crippen molar-refractivity contribution in [2.24, 2.45) is 34.2 Å². The van der Waals surface area contributed by atoms with E-state index in [1.165, 1.54) is 29.1 Å². The number of aromatic nitrogens is 2. The Labute approximate surface area is 334 Å². The summed E-state index contributed by atoms with van der Waals surface area (Å²) in [6.45, 7) is 5.81. The van der Waals surface area contributed by atoms with Crippen LogP contribution < -0.4 is 14.4 Å². The Kier molecular flexibility index (Phi) is 10.9. The molecular formula is C42H51ClN6O6S. The van der Waals surface area contributed by atoms with Gasteiger partial charge < -0.3 is 19.1 Å². The third kappa shape index (κ3) is 7.67. The minimum Gasteiger partial charge on any atom is -0.490 e. The second-order valence-electron chi connectivity index (χ2n) is 16.4. The lowest BCUT2D eigenvalue weighted by Crippen LogP contribution is -2.60. The topological polar surface area (TPSA) is 128 Å². The van der Waals surface area contributed by atoms with E-state index in [0.29, 0.717) is 36.2 Å². The Morgan fingerprint density at radius 1 is 1.14 bits per heavy atom. The summed E-state index contributed by atoms with van der Waals surface area (Å²) in [6.07, 6.45) is 12.1. The number of likely N-dealkylation sites (tertiary alicyclic amines) is 1. The minimum absolute atomic E-state index is 0.0440. The van der Waals surface area contributed by atoms with Gasteiger partial charge in [0.1, 0.15) is 16.9 Å². The third-order valence-electron chi connectivity index (χ3n) is 12.5. The number of anilines is 1. The van der Waals surface area contributed by atoms with Crippen molar-refractivity contribution in [2.75, 3.05) is 57.7 Å². The number of aliphatic imine (C=N–C) groups is 1. The smallest absolute Gasteiger partial charge is 0.285 e. The predicted octanol–water partition coefficient (Wildman–Crippen LogP) is 6.35. The van der Waals surface area contributed by atoms with Crippen molar-refractivity contribution < 1.29 is 28.0 Å². The molecule has 2 amide bonds. The summed E-state index contributed by atoms with van der Waals surface area (Å²) in [6, 6.07) is 11.9. The maximum Gasteiger partial charge on any atom is 0.285 e. The lowest BCUT2D eigenvalue weighted by Gasteiger charge is -2.52. The number of hydrogen-bond acceptors (Lipinski definition) is 9. The predicted molar refractivity (Wildman–Crippen MR) is 218 cm³/mol. The normalized spacial score (nSPS) is 30.3. The Hall–Kier alpha value is -4.04. The molecule has 56 heavy (non-hydrogen) atoms. The molecule has 0 N–H and O–H groups in total. The Balaban J connectivity index is 1.20. The molecule has 6 atom stereocenters. The van der Waals surface area contributed by atoms with Crippen molar-refractivity contribution in [1.82, 2.24) is 14.7 Å². The first-order chi connectivity index (χ1) is 27.0. The first-order valence-corrected chi connectivity index (χ1v) is 21.8. The van der Waals surface area contributed by atoms with E-state index in [-0.39, 0.29) is 40.7 Å². The number of aryl methyl sites for hydroxylation is 2. The molecule has 0 radical (unpaired) electrons. The number of fused-ring (bicyclic) bond motifs is 4. The highest BCUT2D eigenvalue weighted by Crippen LogP contribution is 2.47. The van der Waals surface area contributed by atoms with Gasteiger partial charge in [-0.2, -0.15) is 4.36 Å². The summed E-state index contributed by atoms with van der Waals surface area (Å²) in [4.78, 5) is 36.4. The van der Waals surface area contributed by atoms with Gasteiger partial charge in [0.2, 0.25) is 5.88 Å². The van der Waals surface area contributed by atoms with Crippen molar-refractivity contribution >= 4 is 44.4 Å². The summed E-state index contributed by atoms with van der Waals surface area (Å²) in [5, 5.41) is 4.88. The number of carbonyl (C=O) groups excluding carboxylic acids is 2. The van der Waals surface area contributed by atoms with Crippen molar-refractivity contribution in [3.05, 3.63) is 82.0 Å². The molecule has 2 bridgehead atoms. The quantitative estimate of drug-likeness (QED) is 0.165. The van der Waals surface area contributed by atoms with E-state index in [0.717, 1.165) is 74.5 Å². The number of methoxy groups -OCH3 is 2. The first-order valence-electron chi connectivity index (χ1n) is 19.7. The number of halogens is 1. The van der Waals surface area contributed by atoms with Crippen molar-refractivity contribution in [3.8, 4) is 11.6 Å². The van der Waals surface area contributed by atoms with Gasteiger partial charge in [-0.15, -0.1) is 5.10 Å². The maximum atomic E-state index is 14.7. The standard InChI is InChI=1S/C42H51ClN6O6S/c1-27-7-5-9-36(48-20-32(21-48)53-3)33-13-10-30(33)19-49-24-42(16-6-8-28-17-31(43)12-14-35(28)42)25-55-38-15-11-29(18-37(38)49)39(50)46-56(52,23-27)26-44-40(51)34-22-47(2)45-41(34)54-4/h5,9,11-12,14-15,17-18,22,26-27,30,32-33,36H,6-8,10,13,16,19-21,23-25H2,1-4H3/b9-5+,44-26-/t27-,30-,33+,36?,42-,56?/m0/s1. The van der Waals surface area contributed by atoms with Crippen LogP contribution in [0.4, 0.5) is 5.69 Å². The van der Waals surface area contributed by atoms with Crippen LogP contribution in [0.2, 0.25) is 5.02 Å². The Bertz CT molecular complexity index is 2190. The number of rotatable bonds is 5. The van der Waals surface area contributed by atoms with Gasteiger partial charge >= 0.3 is 0 Å². The van der Waals surface area contributed by atoms with Gasteiger partial charge in [0.25, 0.3) is 11.8 Å². The fourth-order valence-electron chi connectivity index (χ4n) is 9.39. The molecule has 14 heteroatoms. The fraction of sp³-hybridized carbons (Fsp3) is 0.524. The molecule has 2 fully saturated rings. The molecule has 5 aliphatic rings. The van der Waals surface area contributed by atoms with Crippen LogP contribution in [-0.2, 0) is 33.3 Å². The molecule has 2 aliphatic carbocycles. The highest BCUT2D eigenvalue weighted by Gasteiger charge is 2.46. The highest BCUT2D eigenvalue weighted by atomic mass is 35.5. The fourth-order valence-corrected chi connectivity index (χ4v) is 11.4. The molecule has 1 saturated carbocycles. The Morgan fingerprint density at radius 2 is 1.98 bits per heavy atom. The van der Waals surface area contributed by atoms with E-state index in [9.17, 15) is 13.8 Å². The van der Waals surface area contributed by atoms with Gasteiger partial charge in [-0.1, -0.05) is 36.7 Å². The molecule has 3 aliphatic heterocycles. The first kappa shape index (κ1) is 38.8. The van der Waals surface area contributed by atoms with E-state index in [4.69, 9.17) is 25.8 Å². The third-order valence-corrected chi connectivity index (χ3v) is 14.7. The zero-order chi connectivity index (χ0) is 39.2. The molecule has 2 unspecified atom stereocenters. The second-order valence-corrected chi connectivity index (χ2v) is 18.9. The number of allylic oxidation sites excluding steroid dienone is 1. The average Bonchev–Trinajstić information content (AvgIpc) is 3.46. The van der Waals surface area contributed by atoms with E-state index < -0.39 is 21.5 Å². The lowest BCUT2D eigenvalue weighted by atomic mass is 9.67. The summed E-state index contributed by atoms with van der Waals surface area (Å²) in [5.41, 5.74) is 4.61. The van der Waals surface area contributed by atoms with E-state index >= 15 is 0 Å². The SMILES string of the molecule is COc1nn(C)cc1C(=O)/N=C\S1(=O)=NC(=O)c2ccc3c(c2)N(C[C@@H]2CC[C@H]2C(N2CC(OC)C2)/C=C/C[C@H](C)C1)C[C@@]1(CCCc2cc(Cl)ccc21)CO3. The number of benzene rings is 2. The zero-order valence-electron chi connectivity index (χ0n) is 32.6. The molecule has 298 valence electrons. The molecule has 4 heterocycles. The Morgan fingerprint density at radius 3 is 2.75 bits per heavy atom. The number of ether oxygens (including phenoxy) is 3. The van der Waals surface area contributed by atoms with Crippen LogP contribution in [0.1, 0.15) is 70.9 Å². The van der Waals surface area contributed by atoms with Crippen molar-refractivity contribution in [3.63, 3.8) is 0 Å². The molecule has 12 nitrogen and oxygen atoms in total. The van der Waals surface area contributed by atoms with Crippen LogP contribution in [0, 0.1) is 17.8 Å². The van der Waals surface area contributed by atoms with Gasteiger partial charge in [-0.3, -0.25) is 19.2 Å². The van der Waals surface area contributed by atoms with Crippen LogP contribution in [0.5, 0.6) is 11.6 Å². The molecule has 2 aromatic carbocycles. The van der Waals surface area contributed by atoms with E-state index in [2.05, 4.69) is 48.5 Å². The molecule has 1 spiro atoms. The van der Waals surface area contributed by atoms with Crippen LogP contribution in [0.15, 0.2) is 64.1 Å². The van der Waals surface area contributed by atoms with Crippen LogP contribution >= 0.6 is 11.6 Å². The molecular weight excluding hydrogens is 752 g/mol. The van der Waals surface area contributed by atoms with Gasteiger partial charge in [-0.05, 0) is 97.7 Å². The van der Waals surface area contributed by atoms with Crippen LogP contribution in [0.25, 0.3) is 0 Å². The van der Waals surface area contributed by atoms with E-state index in [1.807, 2.05) is 25.1 Å². The van der Waals surface area contributed by atoms with Gasteiger partial charge in [-0.25, -0.2) is 9.20 Å². The highest BCUT2D eigenvalue weighted by molar-refractivity contribution is 8.06. The molecule has 3 aromatic rings. The largest absolute Gasteiger partial charge is 0.490 e. The van der Waals surface area contributed by atoms with Crippen LogP contribution in [-0.4, -0.2) is 101 Å². The number of hydrogen-bond donors (Lipinski definition) is 0. The zero-order valence-corrected chi connectivity index (χ0v) is 34.1. The lowest BCUT2D eigenvalue weighted by molar-refractivity contribution is -0.0675. The number of nitrogens with zero attached hydrogens (tertiary/aromatic N) is 6. The minimum atomic E-state index is -3.45. The number of carbonyl (C=O) groups is 2. The summed E-state index contributed by atoms with van der Waals surface area (Å²) >= 11 is 6.50. The average molecular weight is 803 g/mol. The molecule has 1 saturated heterocycles. The van der Waals surface area contributed by atoms with Crippen molar-refractivity contribution in [2.45, 2.75) is 63.0 Å². The second kappa shape index (κ2) is 15.7. The summed E-state index contributed by atoms with van der Waals surface area (Å²) in [5.74, 6) is 0.305. The summed E-state index contributed by atoms with van der Waals surface area (Å²) < 4.78 is 38.2. The van der Waals surface area contributed by atoms with Gasteiger partial charge in [0.05, 0.1) is 35.2 Å². The van der Waals surface area contributed by atoms with Gasteiger partial charge in [0.15, 0.2) is 0 Å². The van der Waals surface area contributed by atoms with Crippen molar-refractivity contribution in [1.29, 1.82) is 0 Å².